The van der Waals surface area contributed by atoms with Crippen LogP contribution in [0.25, 0.3) is 10.8 Å². The molecule has 41 heavy (non-hydrogen) atoms. The third-order valence-electron chi connectivity index (χ3n) is 9.56. The Morgan fingerprint density at radius 1 is 0.780 bits per heavy atom. The van der Waals surface area contributed by atoms with E-state index in [4.69, 9.17) is 0 Å². The van der Waals surface area contributed by atoms with Crippen LogP contribution < -0.4 is 5.32 Å². The van der Waals surface area contributed by atoms with Gasteiger partial charge in [0.05, 0.1) is 12.1 Å². The number of alkyl halides is 3. The molecule has 1 N–H and O–H groups in total. The molecule has 1 aliphatic carbocycles. The van der Waals surface area contributed by atoms with E-state index in [0.29, 0.717) is 41.6 Å². The molecule has 3 aromatic rings. The first-order valence-corrected chi connectivity index (χ1v) is 14.4. The largest absolute Gasteiger partial charge is 0.471 e. The van der Waals surface area contributed by atoms with Crippen LogP contribution in [0.2, 0.25) is 0 Å². The van der Waals surface area contributed by atoms with Crippen molar-refractivity contribution in [2.45, 2.75) is 75.3 Å². The zero-order valence-corrected chi connectivity index (χ0v) is 22.4. The lowest BCUT2D eigenvalue weighted by Gasteiger charge is -2.33. The van der Waals surface area contributed by atoms with Crippen molar-refractivity contribution in [2.24, 2.45) is 5.92 Å². The Morgan fingerprint density at radius 3 is 2.29 bits per heavy atom. The number of benzene rings is 3. The average molecular weight is 562 g/mol. The maximum Gasteiger partial charge on any atom is 0.471 e. The normalized spacial score (nSPS) is 26.7. The lowest BCUT2D eigenvalue weighted by Crippen LogP contribution is -2.47. The molecule has 0 aromatic heterocycles. The fourth-order valence-electron chi connectivity index (χ4n) is 7.78. The molecule has 0 spiro atoms. The molecule has 3 amide bonds. The summed E-state index contributed by atoms with van der Waals surface area (Å²) >= 11 is 0. The summed E-state index contributed by atoms with van der Waals surface area (Å²) in [6, 6.07) is 16.7. The summed E-state index contributed by atoms with van der Waals surface area (Å²) in [5, 5.41) is 4.96. The van der Waals surface area contributed by atoms with Crippen molar-refractivity contribution in [2.75, 3.05) is 5.32 Å². The average Bonchev–Trinajstić information content (AvgIpc) is 3.66. The number of halogens is 3. The SMILES string of the molecule is O=C(Nc1ccc2c(c1)C1CCC2N1C(=O)C(F)(F)F)[C@@H]1C[C@@H]2CCCC[C@@H]2N1C(=O)c1ccc2ccccc2c1. The van der Waals surface area contributed by atoms with Gasteiger partial charge in [0.1, 0.15) is 6.04 Å². The van der Waals surface area contributed by atoms with Crippen LogP contribution in [-0.4, -0.2) is 45.8 Å². The molecule has 2 bridgehead atoms. The summed E-state index contributed by atoms with van der Waals surface area (Å²) in [5.41, 5.74) is 2.38. The third-order valence-corrected chi connectivity index (χ3v) is 9.56. The number of hydrogen-bond donors (Lipinski definition) is 1. The van der Waals surface area contributed by atoms with Crippen LogP contribution in [-0.2, 0) is 9.59 Å². The zero-order valence-electron chi connectivity index (χ0n) is 22.4. The second-order valence-corrected chi connectivity index (χ2v) is 11.8. The number of carbonyl (C=O) groups excluding carboxylic acids is 3. The van der Waals surface area contributed by atoms with Crippen molar-refractivity contribution >= 4 is 34.2 Å². The van der Waals surface area contributed by atoms with Gasteiger partial charge in [-0.25, -0.2) is 0 Å². The fourth-order valence-corrected chi connectivity index (χ4v) is 7.78. The second kappa shape index (κ2) is 9.60. The number of hydrogen-bond acceptors (Lipinski definition) is 3. The summed E-state index contributed by atoms with van der Waals surface area (Å²) in [4.78, 5) is 42.6. The molecule has 9 heteroatoms. The highest BCUT2D eigenvalue weighted by molar-refractivity contribution is 6.03. The van der Waals surface area contributed by atoms with E-state index >= 15 is 0 Å². The lowest BCUT2D eigenvalue weighted by atomic mass is 9.84. The number of carbonyl (C=O) groups is 3. The van der Waals surface area contributed by atoms with Gasteiger partial charge < -0.3 is 15.1 Å². The molecule has 0 radical (unpaired) electrons. The Kier molecular flexibility index (Phi) is 6.10. The van der Waals surface area contributed by atoms with Gasteiger partial charge in [0, 0.05) is 17.3 Å². The number of likely N-dealkylation sites (tertiary alicyclic amines) is 1. The molecule has 2 unspecified atom stereocenters. The molecule has 3 fully saturated rings. The Bertz CT molecular complexity index is 1570. The Morgan fingerprint density at radius 2 is 1.51 bits per heavy atom. The first-order chi connectivity index (χ1) is 19.7. The highest BCUT2D eigenvalue weighted by Crippen LogP contribution is 2.54. The van der Waals surface area contributed by atoms with Gasteiger partial charge in [-0.1, -0.05) is 49.2 Å². The third kappa shape index (κ3) is 4.28. The molecule has 4 aliphatic rings. The topological polar surface area (TPSA) is 69.7 Å². The minimum absolute atomic E-state index is 0.00355. The van der Waals surface area contributed by atoms with Crippen molar-refractivity contribution in [3.8, 4) is 0 Å². The second-order valence-electron chi connectivity index (χ2n) is 11.8. The minimum atomic E-state index is -4.93. The van der Waals surface area contributed by atoms with E-state index in [9.17, 15) is 27.6 Å². The highest BCUT2D eigenvalue weighted by Gasteiger charge is 2.54. The predicted molar refractivity (Wildman–Crippen MR) is 147 cm³/mol. The van der Waals surface area contributed by atoms with E-state index in [2.05, 4.69) is 5.32 Å². The smallest absolute Gasteiger partial charge is 0.324 e. The van der Waals surface area contributed by atoms with Crippen LogP contribution in [0.4, 0.5) is 18.9 Å². The summed E-state index contributed by atoms with van der Waals surface area (Å²) in [6.07, 6.45) is 0.517. The van der Waals surface area contributed by atoms with Crippen LogP contribution in [0.1, 0.15) is 78.5 Å². The quantitative estimate of drug-likeness (QED) is 0.395. The predicted octanol–water partition coefficient (Wildman–Crippen LogP) is 6.53. The molecular weight excluding hydrogens is 531 g/mol. The van der Waals surface area contributed by atoms with Crippen molar-refractivity contribution in [3.63, 3.8) is 0 Å². The van der Waals surface area contributed by atoms with Crippen molar-refractivity contribution in [3.05, 3.63) is 77.4 Å². The van der Waals surface area contributed by atoms with Crippen LogP contribution in [0.15, 0.2) is 60.7 Å². The lowest BCUT2D eigenvalue weighted by molar-refractivity contribution is -0.188. The molecule has 6 nitrogen and oxygen atoms in total. The number of amides is 3. The molecule has 5 atom stereocenters. The van der Waals surface area contributed by atoms with E-state index in [-0.39, 0.29) is 23.8 Å². The summed E-state index contributed by atoms with van der Waals surface area (Å²) in [7, 11) is 0. The summed E-state index contributed by atoms with van der Waals surface area (Å²) in [6.45, 7) is 0. The van der Waals surface area contributed by atoms with Crippen molar-refractivity contribution < 1.29 is 27.6 Å². The van der Waals surface area contributed by atoms with Gasteiger partial charge in [-0.05, 0) is 84.2 Å². The van der Waals surface area contributed by atoms with Crippen LogP contribution in [0.5, 0.6) is 0 Å². The first-order valence-electron chi connectivity index (χ1n) is 14.4. The number of nitrogens with one attached hydrogen (secondary N) is 1. The Hall–Kier alpha value is -3.88. The van der Waals surface area contributed by atoms with Gasteiger partial charge in [-0.2, -0.15) is 13.2 Å². The van der Waals surface area contributed by atoms with Gasteiger partial charge in [0.2, 0.25) is 5.91 Å². The van der Waals surface area contributed by atoms with Gasteiger partial charge in [-0.3, -0.25) is 14.4 Å². The van der Waals surface area contributed by atoms with Crippen LogP contribution in [0, 0.1) is 5.92 Å². The standard InChI is InChI=1S/C32H30F3N3O3/c33-32(34,35)31(41)38-26-13-14-27(38)24-17-22(11-12-23(24)26)36-29(39)28-16-20-7-3-4-8-25(20)37(28)30(40)21-10-9-18-5-1-2-6-19(18)15-21/h1-2,5-6,9-12,15,17,20,25-28H,3-4,7-8,13-14,16H2,(H,36,39)/t20-,25-,26?,27?,28-/m0/s1. The molecule has 3 heterocycles. The van der Waals surface area contributed by atoms with Crippen molar-refractivity contribution in [1.29, 1.82) is 0 Å². The molecule has 2 saturated heterocycles. The highest BCUT2D eigenvalue weighted by atomic mass is 19.4. The van der Waals surface area contributed by atoms with Crippen LogP contribution >= 0.6 is 0 Å². The Labute approximate surface area is 235 Å². The summed E-state index contributed by atoms with van der Waals surface area (Å²) < 4.78 is 39.8. The van der Waals surface area contributed by atoms with E-state index < -0.39 is 30.2 Å². The van der Waals surface area contributed by atoms with E-state index in [0.717, 1.165) is 41.4 Å². The monoisotopic (exact) mass is 561 g/mol. The van der Waals surface area contributed by atoms with Gasteiger partial charge in [0.15, 0.2) is 0 Å². The molecule has 1 saturated carbocycles. The molecule has 3 aromatic carbocycles. The molecular formula is C32H30F3N3O3. The number of nitrogens with zero attached hydrogens (tertiary/aromatic N) is 2. The van der Waals surface area contributed by atoms with E-state index in [1.807, 2.05) is 42.5 Å². The maximum absolute atomic E-state index is 14.0. The number of fused-ring (bicyclic) bond motifs is 7. The van der Waals surface area contributed by atoms with Gasteiger partial charge in [-0.15, -0.1) is 0 Å². The van der Waals surface area contributed by atoms with Crippen molar-refractivity contribution in [1.82, 2.24) is 9.80 Å². The molecule has 7 rings (SSSR count). The van der Waals surface area contributed by atoms with Crippen LogP contribution in [0.3, 0.4) is 0 Å². The number of rotatable bonds is 3. The summed E-state index contributed by atoms with van der Waals surface area (Å²) in [5.74, 6) is -2.01. The minimum Gasteiger partial charge on any atom is -0.324 e. The fraction of sp³-hybridized carbons (Fsp3) is 0.406. The van der Waals surface area contributed by atoms with E-state index in [1.165, 1.54) is 0 Å². The van der Waals surface area contributed by atoms with E-state index in [1.54, 1.807) is 23.1 Å². The number of anilines is 1. The zero-order chi connectivity index (χ0) is 28.5. The maximum atomic E-state index is 14.0. The van der Waals surface area contributed by atoms with Gasteiger partial charge >= 0.3 is 12.1 Å². The first kappa shape index (κ1) is 26.0. The van der Waals surface area contributed by atoms with Gasteiger partial charge in [0.25, 0.3) is 5.91 Å². The Balaban J connectivity index is 1.15. The molecule has 3 aliphatic heterocycles. The molecule has 212 valence electrons.